The van der Waals surface area contributed by atoms with Crippen molar-refractivity contribution >= 4 is 17.6 Å². The number of aliphatic carboxylic acids is 1. The highest BCUT2D eigenvalue weighted by atomic mass is 16.5. The molecule has 1 amide bonds. The van der Waals surface area contributed by atoms with Gasteiger partial charge in [0.15, 0.2) is 0 Å². The first-order valence-corrected chi connectivity index (χ1v) is 10.4. The maximum Gasteiger partial charge on any atom is 0.307 e. The fourth-order valence-electron chi connectivity index (χ4n) is 4.15. The highest BCUT2D eigenvalue weighted by Crippen LogP contribution is 2.28. The van der Waals surface area contributed by atoms with Crippen molar-refractivity contribution in [3.05, 3.63) is 36.4 Å². The summed E-state index contributed by atoms with van der Waals surface area (Å²) in [5, 5.41) is 22.4. The number of methoxy groups -OCH3 is 1. The molecule has 0 saturated carbocycles. The molecule has 1 aliphatic carbocycles. The Bertz CT molecular complexity index is 761. The SMILES string of the molecule is COc1ccccc1N1CCN(CC(O)CNC(=O)C2CC=CCC2C(=O)O)CC1. The number of para-hydroxylation sites is 2. The number of rotatable bonds is 8. The first-order chi connectivity index (χ1) is 14.5. The van der Waals surface area contributed by atoms with Crippen LogP contribution in [0.1, 0.15) is 12.8 Å². The first-order valence-electron chi connectivity index (χ1n) is 10.4. The van der Waals surface area contributed by atoms with E-state index in [1.165, 1.54) is 0 Å². The fraction of sp³-hybridized carbons (Fsp3) is 0.545. The summed E-state index contributed by atoms with van der Waals surface area (Å²) in [7, 11) is 1.67. The number of piperazine rings is 1. The van der Waals surface area contributed by atoms with Gasteiger partial charge in [-0.05, 0) is 25.0 Å². The van der Waals surface area contributed by atoms with Gasteiger partial charge in [-0.2, -0.15) is 0 Å². The molecule has 3 atom stereocenters. The highest BCUT2D eigenvalue weighted by molar-refractivity contribution is 5.85. The Morgan fingerprint density at radius 2 is 1.80 bits per heavy atom. The van der Waals surface area contributed by atoms with Crippen molar-refractivity contribution in [1.29, 1.82) is 0 Å². The number of hydrogen-bond donors (Lipinski definition) is 3. The molecular weight excluding hydrogens is 386 g/mol. The van der Waals surface area contributed by atoms with Crippen LogP contribution in [0.25, 0.3) is 0 Å². The largest absolute Gasteiger partial charge is 0.495 e. The van der Waals surface area contributed by atoms with Gasteiger partial charge in [0.1, 0.15) is 5.75 Å². The van der Waals surface area contributed by atoms with Crippen LogP contribution in [-0.4, -0.2) is 79.5 Å². The Morgan fingerprint density at radius 1 is 1.13 bits per heavy atom. The van der Waals surface area contributed by atoms with Gasteiger partial charge in [-0.25, -0.2) is 0 Å². The van der Waals surface area contributed by atoms with Crippen LogP contribution in [0, 0.1) is 11.8 Å². The van der Waals surface area contributed by atoms with Gasteiger partial charge in [0.25, 0.3) is 0 Å². The van der Waals surface area contributed by atoms with Gasteiger partial charge in [0.05, 0.1) is 30.7 Å². The standard InChI is InChI=1S/C22H31N3O5/c1-30-20-9-5-4-8-19(20)25-12-10-24(11-13-25)15-16(26)14-23-21(27)17-6-2-3-7-18(17)22(28)29/h2-5,8-9,16-18,26H,6-7,10-15H2,1H3,(H,23,27)(H,28,29). The van der Waals surface area contributed by atoms with Crippen molar-refractivity contribution in [1.82, 2.24) is 10.2 Å². The average molecular weight is 418 g/mol. The predicted molar refractivity (Wildman–Crippen MR) is 114 cm³/mol. The van der Waals surface area contributed by atoms with Crippen LogP contribution in [0.5, 0.6) is 5.75 Å². The third-order valence-corrected chi connectivity index (χ3v) is 5.87. The van der Waals surface area contributed by atoms with E-state index in [2.05, 4.69) is 15.1 Å². The van der Waals surface area contributed by atoms with Crippen LogP contribution in [-0.2, 0) is 9.59 Å². The first kappa shape index (κ1) is 22.1. The van der Waals surface area contributed by atoms with E-state index in [4.69, 9.17) is 4.74 Å². The lowest BCUT2D eigenvalue weighted by molar-refractivity contribution is -0.147. The second-order valence-electron chi connectivity index (χ2n) is 7.85. The van der Waals surface area contributed by atoms with E-state index < -0.39 is 23.9 Å². The molecule has 1 aromatic rings. The van der Waals surface area contributed by atoms with E-state index in [-0.39, 0.29) is 12.5 Å². The number of carboxylic acids is 1. The van der Waals surface area contributed by atoms with Crippen molar-refractivity contribution in [3.8, 4) is 5.75 Å². The van der Waals surface area contributed by atoms with Gasteiger partial charge >= 0.3 is 5.97 Å². The fourth-order valence-corrected chi connectivity index (χ4v) is 4.15. The lowest BCUT2D eigenvalue weighted by Crippen LogP contribution is -2.50. The maximum absolute atomic E-state index is 12.4. The number of carbonyl (C=O) groups is 2. The maximum atomic E-state index is 12.4. The minimum absolute atomic E-state index is 0.123. The third kappa shape index (κ3) is 5.52. The summed E-state index contributed by atoms with van der Waals surface area (Å²) in [5.74, 6) is -1.68. The molecule has 30 heavy (non-hydrogen) atoms. The van der Waals surface area contributed by atoms with Crippen LogP contribution < -0.4 is 15.0 Å². The molecule has 3 N–H and O–H groups in total. The molecule has 2 aliphatic rings. The third-order valence-electron chi connectivity index (χ3n) is 5.87. The van der Waals surface area contributed by atoms with Gasteiger partial charge in [0, 0.05) is 39.3 Å². The molecule has 164 valence electrons. The number of carboxylic acid groups (broad SMARTS) is 1. The number of anilines is 1. The van der Waals surface area contributed by atoms with E-state index in [1.807, 2.05) is 36.4 Å². The summed E-state index contributed by atoms with van der Waals surface area (Å²) in [6.45, 7) is 3.85. The number of amides is 1. The molecule has 0 bridgehead atoms. The predicted octanol–water partition coefficient (Wildman–Crippen LogP) is 0.961. The van der Waals surface area contributed by atoms with Crippen LogP contribution in [0.15, 0.2) is 36.4 Å². The van der Waals surface area contributed by atoms with E-state index in [0.29, 0.717) is 19.4 Å². The van der Waals surface area contributed by atoms with E-state index >= 15 is 0 Å². The molecule has 1 heterocycles. The van der Waals surface area contributed by atoms with Crippen molar-refractivity contribution in [3.63, 3.8) is 0 Å². The van der Waals surface area contributed by atoms with Crippen LogP contribution >= 0.6 is 0 Å². The number of β-amino-alcohol motifs (C(OH)–C–C–N with tert-alkyl or cyclic N) is 1. The van der Waals surface area contributed by atoms with E-state index in [9.17, 15) is 19.8 Å². The quantitative estimate of drug-likeness (QED) is 0.542. The van der Waals surface area contributed by atoms with Gasteiger partial charge in [-0.15, -0.1) is 0 Å². The Hall–Kier alpha value is -2.58. The van der Waals surface area contributed by atoms with Crippen molar-refractivity contribution in [2.75, 3.05) is 51.3 Å². The van der Waals surface area contributed by atoms with Gasteiger partial charge in [0.2, 0.25) is 5.91 Å². The average Bonchev–Trinajstić information content (AvgIpc) is 2.78. The summed E-state index contributed by atoms with van der Waals surface area (Å²) in [5.41, 5.74) is 1.07. The Kier molecular flexibility index (Phi) is 7.70. The van der Waals surface area contributed by atoms with E-state index in [1.54, 1.807) is 7.11 Å². The second kappa shape index (κ2) is 10.4. The minimum atomic E-state index is -0.951. The van der Waals surface area contributed by atoms with E-state index in [0.717, 1.165) is 37.6 Å². The normalized spacial score (nSPS) is 23.1. The van der Waals surface area contributed by atoms with Crippen LogP contribution in [0.3, 0.4) is 0 Å². The molecule has 1 aliphatic heterocycles. The summed E-state index contributed by atoms with van der Waals surface area (Å²) < 4.78 is 5.44. The molecule has 0 radical (unpaired) electrons. The van der Waals surface area contributed by atoms with Gasteiger partial charge < -0.3 is 25.2 Å². The molecule has 3 unspecified atom stereocenters. The smallest absolute Gasteiger partial charge is 0.307 e. The molecule has 3 rings (SSSR count). The van der Waals surface area contributed by atoms with Crippen molar-refractivity contribution in [2.45, 2.75) is 18.9 Å². The Labute approximate surface area is 177 Å². The monoisotopic (exact) mass is 417 g/mol. The molecule has 0 aromatic heterocycles. The topological polar surface area (TPSA) is 102 Å². The highest BCUT2D eigenvalue weighted by Gasteiger charge is 2.34. The van der Waals surface area contributed by atoms with Crippen LogP contribution in [0.2, 0.25) is 0 Å². The summed E-state index contributed by atoms with van der Waals surface area (Å²) in [6.07, 6.45) is 3.74. The number of allylic oxidation sites excluding steroid dienone is 2. The summed E-state index contributed by atoms with van der Waals surface area (Å²) in [4.78, 5) is 28.2. The Balaban J connectivity index is 1.43. The number of ether oxygens (including phenoxy) is 1. The van der Waals surface area contributed by atoms with Crippen molar-refractivity contribution < 1.29 is 24.5 Å². The molecule has 8 heteroatoms. The number of benzene rings is 1. The summed E-state index contributed by atoms with van der Waals surface area (Å²) >= 11 is 0. The Morgan fingerprint density at radius 3 is 2.47 bits per heavy atom. The number of carbonyl (C=O) groups excluding carboxylic acids is 1. The molecule has 0 spiro atoms. The molecule has 1 aromatic carbocycles. The van der Waals surface area contributed by atoms with Gasteiger partial charge in [-0.3, -0.25) is 14.5 Å². The number of aliphatic hydroxyl groups is 1. The lowest BCUT2D eigenvalue weighted by Gasteiger charge is -2.37. The second-order valence-corrected chi connectivity index (χ2v) is 7.85. The zero-order valence-electron chi connectivity index (χ0n) is 17.4. The molecule has 1 saturated heterocycles. The minimum Gasteiger partial charge on any atom is -0.495 e. The van der Waals surface area contributed by atoms with Gasteiger partial charge in [-0.1, -0.05) is 24.3 Å². The molecule has 1 fully saturated rings. The molecule has 8 nitrogen and oxygen atoms in total. The number of nitrogens with one attached hydrogen (secondary N) is 1. The van der Waals surface area contributed by atoms with Crippen LogP contribution in [0.4, 0.5) is 5.69 Å². The number of nitrogens with zero attached hydrogens (tertiary/aromatic N) is 2. The number of hydrogen-bond acceptors (Lipinski definition) is 6. The lowest BCUT2D eigenvalue weighted by atomic mass is 9.82. The number of aliphatic hydroxyl groups excluding tert-OH is 1. The molecular formula is C22H31N3O5. The van der Waals surface area contributed by atoms with Crippen molar-refractivity contribution in [2.24, 2.45) is 11.8 Å². The zero-order valence-corrected chi connectivity index (χ0v) is 17.4. The summed E-state index contributed by atoms with van der Waals surface area (Å²) in [6, 6.07) is 7.94. The zero-order chi connectivity index (χ0) is 21.5.